The molecule has 1 atom stereocenters. The van der Waals surface area contributed by atoms with Crippen LogP contribution in [0.25, 0.3) is 10.9 Å². The highest BCUT2D eigenvalue weighted by Crippen LogP contribution is 2.29. The van der Waals surface area contributed by atoms with Crippen molar-refractivity contribution in [3.05, 3.63) is 75.3 Å². The second-order valence-electron chi connectivity index (χ2n) is 7.29. The van der Waals surface area contributed by atoms with Crippen LogP contribution in [0.4, 0.5) is 0 Å². The van der Waals surface area contributed by atoms with Crippen molar-refractivity contribution in [1.82, 2.24) is 19.8 Å². The summed E-state index contributed by atoms with van der Waals surface area (Å²) >= 11 is 6.35. The highest BCUT2D eigenvalue weighted by Gasteiger charge is 2.32. The summed E-state index contributed by atoms with van der Waals surface area (Å²) in [6.45, 7) is 3.34. The van der Waals surface area contributed by atoms with Gasteiger partial charge in [-0.15, -0.1) is 0 Å². The number of carbonyl (C=O) groups is 1. The van der Waals surface area contributed by atoms with Crippen molar-refractivity contribution in [2.75, 3.05) is 33.3 Å². The summed E-state index contributed by atoms with van der Waals surface area (Å²) in [5.74, 6) is 0.319. The third kappa shape index (κ3) is 4.23. The van der Waals surface area contributed by atoms with Gasteiger partial charge < -0.3 is 9.72 Å². The number of rotatable bonds is 5. The molecule has 0 spiro atoms. The van der Waals surface area contributed by atoms with E-state index in [4.69, 9.17) is 16.3 Å². The Bertz CT molecular complexity index is 1110. The van der Waals surface area contributed by atoms with Crippen molar-refractivity contribution in [3.63, 3.8) is 0 Å². The van der Waals surface area contributed by atoms with Crippen LogP contribution in [0.2, 0.25) is 5.02 Å². The van der Waals surface area contributed by atoms with E-state index in [0.29, 0.717) is 41.4 Å². The monoisotopic (exact) mass is 426 g/mol. The number of halogens is 1. The number of nitrogens with one attached hydrogen (secondary N) is 1. The molecule has 7 nitrogen and oxygen atoms in total. The zero-order valence-electron chi connectivity index (χ0n) is 16.7. The van der Waals surface area contributed by atoms with Gasteiger partial charge in [0.15, 0.2) is 0 Å². The Morgan fingerprint density at radius 3 is 2.57 bits per heavy atom. The minimum absolute atomic E-state index is 0.126. The molecule has 1 saturated heterocycles. The van der Waals surface area contributed by atoms with Gasteiger partial charge in [0.1, 0.15) is 11.9 Å². The molecule has 4 rings (SSSR count). The lowest BCUT2D eigenvalue weighted by molar-refractivity contribution is -0.148. The maximum absolute atomic E-state index is 12.5. The van der Waals surface area contributed by atoms with Crippen molar-refractivity contribution in [2.45, 2.75) is 12.6 Å². The predicted octanol–water partition coefficient (Wildman–Crippen LogP) is 2.61. The van der Waals surface area contributed by atoms with Gasteiger partial charge >= 0.3 is 5.97 Å². The van der Waals surface area contributed by atoms with E-state index in [0.717, 1.165) is 18.7 Å². The lowest BCUT2D eigenvalue weighted by Crippen LogP contribution is -2.49. The van der Waals surface area contributed by atoms with E-state index in [9.17, 15) is 9.59 Å². The van der Waals surface area contributed by atoms with Crippen LogP contribution in [-0.4, -0.2) is 59.0 Å². The molecule has 2 heterocycles. The number of nitrogens with zero attached hydrogens (tertiary/aromatic N) is 3. The molecule has 0 radical (unpaired) electrons. The number of hydrogen-bond donors (Lipinski definition) is 1. The normalized spacial score (nSPS) is 16.5. The molecule has 3 aromatic rings. The summed E-state index contributed by atoms with van der Waals surface area (Å²) in [4.78, 5) is 36.6. The number of para-hydroxylation sites is 1. The number of piperazine rings is 1. The van der Waals surface area contributed by atoms with E-state index in [1.807, 2.05) is 36.4 Å². The van der Waals surface area contributed by atoms with Crippen molar-refractivity contribution < 1.29 is 9.53 Å². The molecule has 1 unspecified atom stereocenters. The quantitative estimate of drug-likeness (QED) is 0.632. The van der Waals surface area contributed by atoms with Gasteiger partial charge in [-0.05, 0) is 23.8 Å². The molecular formula is C22H23ClN4O3. The van der Waals surface area contributed by atoms with Gasteiger partial charge in [-0.2, -0.15) is 0 Å². The van der Waals surface area contributed by atoms with E-state index in [-0.39, 0.29) is 11.5 Å². The van der Waals surface area contributed by atoms with E-state index < -0.39 is 6.04 Å². The van der Waals surface area contributed by atoms with Gasteiger partial charge in [-0.3, -0.25) is 14.6 Å². The van der Waals surface area contributed by atoms with E-state index >= 15 is 0 Å². The highest BCUT2D eigenvalue weighted by atomic mass is 35.5. The minimum atomic E-state index is -0.538. The lowest BCUT2D eigenvalue weighted by Gasteiger charge is -2.38. The van der Waals surface area contributed by atoms with Gasteiger partial charge in [0.05, 0.1) is 24.6 Å². The summed E-state index contributed by atoms with van der Waals surface area (Å²) in [5.41, 5.74) is 1.32. The molecule has 30 heavy (non-hydrogen) atoms. The Kier molecular flexibility index (Phi) is 6.13. The zero-order valence-corrected chi connectivity index (χ0v) is 17.4. The first-order valence-electron chi connectivity index (χ1n) is 9.83. The molecule has 2 aromatic carbocycles. The maximum atomic E-state index is 12.5. The Morgan fingerprint density at radius 2 is 1.83 bits per heavy atom. The highest BCUT2D eigenvalue weighted by molar-refractivity contribution is 6.31. The molecule has 8 heteroatoms. The number of carbonyl (C=O) groups excluding carboxylic acids is 1. The number of aromatic nitrogens is 2. The summed E-state index contributed by atoms with van der Waals surface area (Å²) in [7, 11) is 1.39. The maximum Gasteiger partial charge on any atom is 0.327 e. The fourth-order valence-electron chi connectivity index (χ4n) is 3.88. The smallest absolute Gasteiger partial charge is 0.327 e. The largest absolute Gasteiger partial charge is 0.468 e. The average molecular weight is 427 g/mol. The Balaban J connectivity index is 1.47. The van der Waals surface area contributed by atoms with Crippen molar-refractivity contribution in [1.29, 1.82) is 0 Å². The van der Waals surface area contributed by atoms with Crippen molar-refractivity contribution in [3.8, 4) is 0 Å². The molecule has 1 aliphatic rings. The van der Waals surface area contributed by atoms with Gasteiger partial charge in [-0.25, -0.2) is 9.78 Å². The number of methoxy groups -OCH3 is 1. The molecule has 0 aliphatic carbocycles. The Labute approximate surface area is 179 Å². The summed E-state index contributed by atoms with van der Waals surface area (Å²) in [5, 5.41) is 1.14. The van der Waals surface area contributed by atoms with E-state index in [2.05, 4.69) is 19.8 Å². The van der Waals surface area contributed by atoms with E-state index in [1.54, 1.807) is 12.1 Å². The number of esters is 1. The second kappa shape index (κ2) is 8.95. The van der Waals surface area contributed by atoms with Crippen molar-refractivity contribution in [2.24, 2.45) is 0 Å². The van der Waals surface area contributed by atoms with Crippen LogP contribution in [0.3, 0.4) is 0 Å². The molecule has 156 valence electrons. The minimum Gasteiger partial charge on any atom is -0.468 e. The number of benzene rings is 2. The van der Waals surface area contributed by atoms with Crippen LogP contribution in [0.1, 0.15) is 17.4 Å². The van der Waals surface area contributed by atoms with Crippen LogP contribution < -0.4 is 5.56 Å². The van der Waals surface area contributed by atoms with Gasteiger partial charge in [0.2, 0.25) is 0 Å². The second-order valence-corrected chi connectivity index (χ2v) is 7.70. The fraction of sp³-hybridized carbons (Fsp3) is 0.318. The number of ether oxygens (including phenoxy) is 1. The topological polar surface area (TPSA) is 78.5 Å². The fourth-order valence-corrected chi connectivity index (χ4v) is 4.12. The van der Waals surface area contributed by atoms with Gasteiger partial charge in [0, 0.05) is 31.2 Å². The molecule has 1 aromatic heterocycles. The standard InChI is InChI=1S/C22H23ClN4O3/c1-30-22(29)20(15-6-2-4-8-17(15)23)27-12-10-26(11-13-27)14-19-24-18-9-5-3-7-16(18)21(28)25-19/h2-9,20H,10-14H2,1H3,(H,24,25,28). The summed E-state index contributed by atoms with van der Waals surface area (Å²) in [6, 6.07) is 14.1. The predicted molar refractivity (Wildman–Crippen MR) is 115 cm³/mol. The van der Waals surface area contributed by atoms with Crippen LogP contribution in [0, 0.1) is 0 Å². The number of H-pyrrole nitrogens is 1. The zero-order chi connectivity index (χ0) is 21.1. The lowest BCUT2D eigenvalue weighted by atomic mass is 10.0. The van der Waals surface area contributed by atoms with Crippen LogP contribution >= 0.6 is 11.6 Å². The Hall–Kier alpha value is -2.74. The first-order chi connectivity index (χ1) is 14.6. The van der Waals surface area contributed by atoms with Crippen molar-refractivity contribution >= 4 is 28.5 Å². The number of aromatic amines is 1. The van der Waals surface area contributed by atoms with E-state index in [1.165, 1.54) is 7.11 Å². The van der Waals surface area contributed by atoms with Crippen LogP contribution in [0.5, 0.6) is 0 Å². The third-order valence-electron chi connectivity index (χ3n) is 5.43. The molecule has 1 fully saturated rings. The first-order valence-corrected chi connectivity index (χ1v) is 10.2. The first kappa shape index (κ1) is 20.5. The molecular weight excluding hydrogens is 404 g/mol. The average Bonchev–Trinajstić information content (AvgIpc) is 2.76. The number of fused-ring (bicyclic) bond motifs is 1. The van der Waals surface area contributed by atoms with Gasteiger partial charge in [-0.1, -0.05) is 41.9 Å². The van der Waals surface area contributed by atoms with Gasteiger partial charge in [0.25, 0.3) is 5.56 Å². The molecule has 1 N–H and O–H groups in total. The molecule has 1 aliphatic heterocycles. The molecule has 0 amide bonds. The summed E-state index contributed by atoms with van der Waals surface area (Å²) < 4.78 is 5.05. The third-order valence-corrected chi connectivity index (χ3v) is 5.78. The summed E-state index contributed by atoms with van der Waals surface area (Å²) in [6.07, 6.45) is 0. The molecule has 0 bridgehead atoms. The Morgan fingerprint density at radius 1 is 1.13 bits per heavy atom. The number of hydrogen-bond acceptors (Lipinski definition) is 6. The SMILES string of the molecule is COC(=O)C(c1ccccc1Cl)N1CCN(Cc2nc3ccccc3c(=O)[nH]2)CC1. The van der Waals surface area contributed by atoms with Crippen LogP contribution in [0.15, 0.2) is 53.3 Å². The van der Waals surface area contributed by atoms with Crippen LogP contribution in [-0.2, 0) is 16.1 Å². The molecule has 0 saturated carbocycles.